The van der Waals surface area contributed by atoms with Crippen molar-refractivity contribution in [2.75, 3.05) is 18.6 Å². The van der Waals surface area contributed by atoms with Crippen molar-refractivity contribution >= 4 is 39.7 Å². The van der Waals surface area contributed by atoms with E-state index in [2.05, 4.69) is 4.98 Å². The van der Waals surface area contributed by atoms with Crippen molar-refractivity contribution in [2.24, 2.45) is 0 Å². The van der Waals surface area contributed by atoms with Crippen molar-refractivity contribution in [3.63, 3.8) is 0 Å². The van der Waals surface area contributed by atoms with E-state index in [0.29, 0.717) is 16.5 Å². The second-order valence-corrected chi connectivity index (χ2v) is 8.37. The van der Waals surface area contributed by atoms with Crippen molar-refractivity contribution in [1.29, 1.82) is 0 Å². The smallest absolute Gasteiger partial charge is 0.345 e. The highest BCUT2D eigenvalue weighted by molar-refractivity contribution is 7.14. The molecule has 0 aliphatic heterocycles. The Balaban J connectivity index is 1.82. The second-order valence-electron chi connectivity index (χ2n) is 7.53. The number of rotatable bonds is 9. The van der Waals surface area contributed by atoms with Crippen LogP contribution in [0.2, 0.25) is 0 Å². The number of esters is 1. The number of anilines is 2. The predicted octanol–water partition coefficient (Wildman–Crippen LogP) is 5.12. The first-order valence-corrected chi connectivity index (χ1v) is 11.5. The predicted molar refractivity (Wildman–Crippen MR) is 131 cm³/mol. The van der Waals surface area contributed by atoms with Gasteiger partial charge in [-0.2, -0.15) is 0 Å². The van der Waals surface area contributed by atoms with Gasteiger partial charge in [-0.15, -0.1) is 11.3 Å². The number of nitro groups is 1. The van der Waals surface area contributed by atoms with Gasteiger partial charge in [-0.1, -0.05) is 6.07 Å². The zero-order valence-corrected chi connectivity index (χ0v) is 20.8. The van der Waals surface area contributed by atoms with Gasteiger partial charge in [-0.25, -0.2) is 9.78 Å². The Labute approximate surface area is 206 Å². The van der Waals surface area contributed by atoms with Gasteiger partial charge in [0, 0.05) is 18.4 Å². The average Bonchev–Trinajstić information content (AvgIpc) is 3.27. The van der Waals surface area contributed by atoms with Crippen LogP contribution in [0, 0.1) is 24.0 Å². The molecular formula is C24H25N3O7S. The normalized spacial score (nSPS) is 10.5. The zero-order valence-electron chi connectivity index (χ0n) is 20.0. The Bertz CT molecular complexity index is 1270. The lowest BCUT2D eigenvalue weighted by Crippen LogP contribution is -2.22. The van der Waals surface area contributed by atoms with Gasteiger partial charge >= 0.3 is 5.97 Å². The molecule has 10 nitrogen and oxygen atoms in total. The van der Waals surface area contributed by atoms with E-state index in [4.69, 9.17) is 14.2 Å². The third-order valence-corrected chi connectivity index (χ3v) is 6.02. The van der Waals surface area contributed by atoms with Crippen LogP contribution in [0.15, 0.2) is 35.7 Å². The Morgan fingerprint density at radius 2 is 1.89 bits per heavy atom. The van der Waals surface area contributed by atoms with E-state index in [1.807, 2.05) is 32.0 Å². The molecule has 0 atom stereocenters. The summed E-state index contributed by atoms with van der Waals surface area (Å²) in [7, 11) is 1.35. The summed E-state index contributed by atoms with van der Waals surface area (Å²) >= 11 is 1.22. The number of hydrogen-bond acceptors (Lipinski definition) is 9. The van der Waals surface area contributed by atoms with Gasteiger partial charge in [-0.05, 0) is 44.0 Å². The van der Waals surface area contributed by atoms with Gasteiger partial charge in [0.15, 0.2) is 16.6 Å². The van der Waals surface area contributed by atoms with E-state index in [0.717, 1.165) is 17.2 Å². The van der Waals surface area contributed by atoms with Crippen LogP contribution in [0.5, 0.6) is 11.5 Å². The fourth-order valence-electron chi connectivity index (χ4n) is 3.27. The Morgan fingerprint density at radius 3 is 2.49 bits per heavy atom. The van der Waals surface area contributed by atoms with Crippen molar-refractivity contribution in [2.45, 2.75) is 34.3 Å². The summed E-state index contributed by atoms with van der Waals surface area (Å²) in [6.07, 6.45) is 0. The lowest BCUT2D eigenvalue weighted by Gasteiger charge is -2.19. The van der Waals surface area contributed by atoms with E-state index in [1.165, 1.54) is 36.3 Å². The van der Waals surface area contributed by atoms with Crippen LogP contribution in [0.1, 0.15) is 41.0 Å². The molecule has 1 amide bonds. The topological polar surface area (TPSA) is 121 Å². The standard InChI is InChI=1S/C24H25N3O7S/c1-6-33-22-10-19(20(27(30)31)11-21(22)32-5)23(29)34-12-17-13-35-24(25-17)26(16(4)28)18-8-7-14(2)15(3)9-18/h7-11,13H,6,12H2,1-5H3. The summed E-state index contributed by atoms with van der Waals surface area (Å²) < 4.78 is 15.9. The molecule has 0 N–H and O–H groups in total. The summed E-state index contributed by atoms with van der Waals surface area (Å²) in [4.78, 5) is 41.8. The van der Waals surface area contributed by atoms with Gasteiger partial charge < -0.3 is 14.2 Å². The van der Waals surface area contributed by atoms with Crippen molar-refractivity contribution in [1.82, 2.24) is 4.98 Å². The first-order valence-electron chi connectivity index (χ1n) is 10.6. The maximum atomic E-state index is 12.7. The highest BCUT2D eigenvalue weighted by Crippen LogP contribution is 2.35. The number of hydrogen-bond donors (Lipinski definition) is 0. The van der Waals surface area contributed by atoms with Crippen molar-refractivity contribution in [3.05, 3.63) is 68.2 Å². The molecule has 1 heterocycles. The third kappa shape index (κ3) is 5.75. The number of carbonyl (C=O) groups excluding carboxylic acids is 2. The molecule has 35 heavy (non-hydrogen) atoms. The van der Waals surface area contributed by atoms with E-state index in [1.54, 1.807) is 12.3 Å². The highest BCUT2D eigenvalue weighted by atomic mass is 32.1. The van der Waals surface area contributed by atoms with Crippen LogP contribution in [-0.4, -0.2) is 35.5 Å². The molecule has 0 aliphatic carbocycles. The van der Waals surface area contributed by atoms with Crippen LogP contribution in [-0.2, 0) is 16.1 Å². The summed E-state index contributed by atoms with van der Waals surface area (Å²) in [6, 6.07) is 8.01. The minimum atomic E-state index is -0.910. The average molecular weight is 500 g/mol. The molecule has 0 aliphatic rings. The maximum Gasteiger partial charge on any atom is 0.345 e. The molecule has 0 bridgehead atoms. The zero-order chi connectivity index (χ0) is 25.7. The number of carbonyl (C=O) groups is 2. The Hall–Kier alpha value is -3.99. The Kier molecular flexibility index (Phi) is 8.02. The molecule has 2 aromatic carbocycles. The number of aromatic nitrogens is 1. The van der Waals surface area contributed by atoms with Crippen LogP contribution in [0.4, 0.5) is 16.5 Å². The van der Waals surface area contributed by atoms with E-state index >= 15 is 0 Å². The van der Waals surface area contributed by atoms with Crippen LogP contribution in [0.3, 0.4) is 0 Å². The molecule has 0 saturated carbocycles. The van der Waals surface area contributed by atoms with Gasteiger partial charge in [0.05, 0.1) is 36.1 Å². The third-order valence-electron chi connectivity index (χ3n) is 5.14. The highest BCUT2D eigenvalue weighted by Gasteiger charge is 2.26. The first-order chi connectivity index (χ1) is 16.7. The number of nitro benzene ring substituents is 1. The molecule has 0 fully saturated rings. The summed E-state index contributed by atoms with van der Waals surface area (Å²) in [5.74, 6) is -0.806. The molecule has 3 rings (SSSR count). The van der Waals surface area contributed by atoms with E-state index in [-0.39, 0.29) is 36.2 Å². The van der Waals surface area contributed by atoms with Gasteiger partial charge in [0.25, 0.3) is 5.69 Å². The van der Waals surface area contributed by atoms with Gasteiger partial charge in [-0.3, -0.25) is 19.8 Å². The fourth-order valence-corrected chi connectivity index (χ4v) is 4.14. The minimum absolute atomic E-state index is 0.134. The lowest BCUT2D eigenvalue weighted by molar-refractivity contribution is -0.385. The molecule has 3 aromatic rings. The second kappa shape index (κ2) is 11.0. The molecule has 0 unspecified atom stereocenters. The minimum Gasteiger partial charge on any atom is -0.493 e. The molecule has 11 heteroatoms. The summed E-state index contributed by atoms with van der Waals surface area (Å²) in [5, 5.41) is 13.6. The van der Waals surface area contributed by atoms with Crippen molar-refractivity contribution < 1.29 is 28.7 Å². The lowest BCUT2D eigenvalue weighted by atomic mass is 10.1. The van der Waals surface area contributed by atoms with Crippen LogP contribution < -0.4 is 14.4 Å². The van der Waals surface area contributed by atoms with Crippen LogP contribution in [0.25, 0.3) is 0 Å². The van der Waals surface area contributed by atoms with Gasteiger partial charge in [0.2, 0.25) is 5.91 Å². The molecule has 184 valence electrons. The molecule has 1 aromatic heterocycles. The summed E-state index contributed by atoms with van der Waals surface area (Å²) in [6.45, 7) is 7.16. The number of ether oxygens (including phenoxy) is 3. The fraction of sp³-hybridized carbons (Fsp3) is 0.292. The molecule has 0 spiro atoms. The first kappa shape index (κ1) is 25.6. The van der Waals surface area contributed by atoms with E-state index < -0.39 is 16.6 Å². The van der Waals surface area contributed by atoms with Crippen LogP contribution >= 0.6 is 11.3 Å². The number of thiazole rings is 1. The quantitative estimate of drug-likeness (QED) is 0.226. The van der Waals surface area contributed by atoms with Crippen molar-refractivity contribution in [3.8, 4) is 11.5 Å². The number of amides is 1. The number of benzene rings is 2. The molecule has 0 saturated heterocycles. The van der Waals surface area contributed by atoms with E-state index in [9.17, 15) is 19.7 Å². The number of aryl methyl sites for hydroxylation is 2. The Morgan fingerprint density at radius 1 is 1.14 bits per heavy atom. The monoisotopic (exact) mass is 499 g/mol. The SMILES string of the molecule is CCOc1cc(C(=O)OCc2csc(N(C(C)=O)c3ccc(C)c(C)c3)n2)c([N+](=O)[O-])cc1OC. The summed E-state index contributed by atoms with van der Waals surface area (Å²) in [5.41, 5.74) is 2.48. The largest absolute Gasteiger partial charge is 0.493 e. The molecule has 0 radical (unpaired) electrons. The maximum absolute atomic E-state index is 12.7. The van der Waals surface area contributed by atoms with Gasteiger partial charge in [0.1, 0.15) is 12.2 Å². The number of nitrogens with zero attached hydrogens (tertiary/aromatic N) is 3. The molecular weight excluding hydrogens is 474 g/mol. The number of methoxy groups -OCH3 is 1.